The lowest BCUT2D eigenvalue weighted by Crippen LogP contribution is -2.68. The van der Waals surface area contributed by atoms with Gasteiger partial charge >= 0.3 is 0 Å². The van der Waals surface area contributed by atoms with Crippen molar-refractivity contribution in [2.24, 2.45) is 0 Å². The van der Waals surface area contributed by atoms with Crippen LogP contribution in [0.25, 0.3) is 0 Å². The standard InChI is InChI=1S/C16H18N.ClHO4/c1-3-7-15(8-4-1)13-17(11-12-17)14-16-9-5-2-6-10-16;2-1(3,4)5/h1-10H,11-14H2;(H,2,3,4,5)/q+1;/p-1. The van der Waals surface area contributed by atoms with E-state index in [0.29, 0.717) is 0 Å². The van der Waals surface area contributed by atoms with E-state index in [2.05, 4.69) is 60.7 Å². The van der Waals surface area contributed by atoms with Crippen LogP contribution >= 0.6 is 0 Å². The van der Waals surface area contributed by atoms with Crippen LogP contribution in [0.15, 0.2) is 60.7 Å². The summed E-state index contributed by atoms with van der Waals surface area (Å²) in [5.74, 6) is 0. The summed E-state index contributed by atoms with van der Waals surface area (Å²) in [6, 6.07) is 21.7. The molecule has 1 aliphatic heterocycles. The lowest BCUT2D eigenvalue weighted by Gasteiger charge is -2.18. The Balaban J connectivity index is 0.000000309. The highest BCUT2D eigenvalue weighted by Gasteiger charge is 2.41. The van der Waals surface area contributed by atoms with Crippen molar-refractivity contribution < 1.29 is 33.4 Å². The molecule has 0 N–H and O–H groups in total. The van der Waals surface area contributed by atoms with Gasteiger partial charge in [-0.1, -0.05) is 60.7 Å². The third kappa shape index (κ3) is 6.53. The molecule has 2 aromatic carbocycles. The summed E-state index contributed by atoms with van der Waals surface area (Å²) in [6.45, 7) is 5.00. The zero-order valence-corrected chi connectivity index (χ0v) is 12.8. The Morgan fingerprint density at radius 3 is 1.27 bits per heavy atom. The highest BCUT2D eigenvalue weighted by Crippen LogP contribution is 2.28. The molecule has 0 saturated carbocycles. The molecule has 1 fully saturated rings. The van der Waals surface area contributed by atoms with Crippen LogP contribution in [-0.2, 0) is 13.1 Å². The van der Waals surface area contributed by atoms with Crippen LogP contribution in [0.2, 0.25) is 0 Å². The van der Waals surface area contributed by atoms with Gasteiger partial charge in [0.05, 0.1) is 0 Å². The Morgan fingerprint density at radius 1 is 0.682 bits per heavy atom. The van der Waals surface area contributed by atoms with E-state index in [1.165, 1.54) is 41.8 Å². The SMILES string of the molecule is [O-][Cl+3]([O-])([O-])[O-].c1ccc(C[N+]2(Cc3ccccc3)CC2)cc1. The summed E-state index contributed by atoms with van der Waals surface area (Å²) in [5.41, 5.74) is 2.92. The van der Waals surface area contributed by atoms with Gasteiger partial charge in [-0.25, -0.2) is 18.6 Å². The van der Waals surface area contributed by atoms with Crippen molar-refractivity contribution in [2.75, 3.05) is 13.1 Å². The quantitative estimate of drug-likeness (QED) is 0.503. The second-order valence-electron chi connectivity index (χ2n) is 5.45. The third-order valence-electron chi connectivity index (χ3n) is 3.58. The fourth-order valence-electron chi connectivity index (χ4n) is 2.45. The molecule has 22 heavy (non-hydrogen) atoms. The highest BCUT2D eigenvalue weighted by molar-refractivity contribution is 5.15. The molecule has 5 nitrogen and oxygen atoms in total. The first-order valence-electron chi connectivity index (χ1n) is 6.91. The van der Waals surface area contributed by atoms with Crippen LogP contribution < -0.4 is 18.6 Å². The van der Waals surface area contributed by atoms with E-state index >= 15 is 0 Å². The lowest BCUT2D eigenvalue weighted by molar-refractivity contribution is -2.00. The molecular weight excluding hydrogens is 306 g/mol. The number of nitrogens with zero attached hydrogens (tertiary/aromatic N) is 1. The maximum absolute atomic E-state index is 8.49. The second kappa shape index (κ2) is 7.19. The first-order valence-corrected chi connectivity index (χ1v) is 8.15. The zero-order chi connectivity index (χ0) is 16.1. The smallest absolute Gasteiger partial charge is 0.129 e. The first-order chi connectivity index (χ1) is 10.4. The van der Waals surface area contributed by atoms with Crippen molar-refractivity contribution in [3.8, 4) is 0 Å². The summed E-state index contributed by atoms with van der Waals surface area (Å²) < 4.78 is 35.2. The van der Waals surface area contributed by atoms with Gasteiger partial charge in [-0.2, -0.15) is 0 Å². The molecule has 1 heterocycles. The average molecular weight is 324 g/mol. The molecular formula is C16H18ClNO4. The van der Waals surface area contributed by atoms with E-state index < -0.39 is 10.2 Å². The average Bonchev–Trinajstić information content (AvgIpc) is 3.18. The number of halogens is 1. The summed E-state index contributed by atoms with van der Waals surface area (Å²) in [5, 5.41) is 0. The van der Waals surface area contributed by atoms with Crippen LogP contribution in [0, 0.1) is 10.2 Å². The van der Waals surface area contributed by atoms with Crippen LogP contribution in [0.5, 0.6) is 0 Å². The normalized spacial score (nSPS) is 15.6. The number of quaternary nitrogens is 1. The fraction of sp³-hybridized carbons (Fsp3) is 0.250. The van der Waals surface area contributed by atoms with Crippen molar-refractivity contribution in [3.05, 3.63) is 71.8 Å². The molecule has 1 saturated heterocycles. The second-order valence-corrected chi connectivity index (χ2v) is 6.21. The molecule has 0 radical (unpaired) electrons. The van der Waals surface area contributed by atoms with E-state index in [9.17, 15) is 0 Å². The molecule has 0 aliphatic carbocycles. The topological polar surface area (TPSA) is 92.2 Å². The van der Waals surface area contributed by atoms with Crippen molar-refractivity contribution >= 4 is 0 Å². The van der Waals surface area contributed by atoms with E-state index in [4.69, 9.17) is 18.6 Å². The maximum atomic E-state index is 8.49. The molecule has 0 amide bonds. The molecule has 0 unspecified atom stereocenters. The molecule has 0 atom stereocenters. The first kappa shape index (κ1) is 16.9. The van der Waals surface area contributed by atoms with Gasteiger partial charge in [0, 0.05) is 11.1 Å². The van der Waals surface area contributed by atoms with Gasteiger partial charge in [-0.15, -0.1) is 10.2 Å². The molecule has 0 aromatic heterocycles. The number of hydrogen-bond acceptors (Lipinski definition) is 4. The predicted octanol–water partition coefficient (Wildman–Crippen LogP) is -1.54. The largest absolute Gasteiger partial charge is 0.307 e. The van der Waals surface area contributed by atoms with Gasteiger partial charge in [-0.05, 0) is 0 Å². The molecule has 0 bridgehead atoms. The van der Waals surface area contributed by atoms with Crippen molar-refractivity contribution in [1.29, 1.82) is 0 Å². The summed E-state index contributed by atoms with van der Waals surface area (Å²) >= 11 is 0. The van der Waals surface area contributed by atoms with Crippen LogP contribution in [0.1, 0.15) is 11.1 Å². The minimum atomic E-state index is -4.94. The Labute approximate surface area is 132 Å². The molecule has 2 aromatic rings. The monoisotopic (exact) mass is 323 g/mol. The van der Waals surface area contributed by atoms with Gasteiger partial charge in [-0.3, -0.25) is 0 Å². The van der Waals surface area contributed by atoms with Crippen molar-refractivity contribution in [3.63, 3.8) is 0 Å². The van der Waals surface area contributed by atoms with Crippen LogP contribution in [0.4, 0.5) is 0 Å². The van der Waals surface area contributed by atoms with Gasteiger partial charge in [0.15, 0.2) is 0 Å². The van der Waals surface area contributed by atoms with E-state index in [1.54, 1.807) is 0 Å². The molecule has 118 valence electrons. The summed E-state index contributed by atoms with van der Waals surface area (Å²) in [4.78, 5) is 0. The number of rotatable bonds is 4. The molecule has 0 spiro atoms. The van der Waals surface area contributed by atoms with Crippen molar-refractivity contribution in [1.82, 2.24) is 0 Å². The Bertz CT molecular complexity index is 518. The minimum Gasteiger partial charge on any atom is -0.307 e. The predicted molar refractivity (Wildman–Crippen MR) is 70.3 cm³/mol. The summed E-state index contributed by atoms with van der Waals surface area (Å²) in [7, 11) is -4.94. The van der Waals surface area contributed by atoms with Gasteiger partial charge < -0.3 is 4.48 Å². The van der Waals surface area contributed by atoms with Gasteiger partial charge in [0.25, 0.3) is 0 Å². The third-order valence-corrected chi connectivity index (χ3v) is 3.58. The fourth-order valence-corrected chi connectivity index (χ4v) is 2.45. The summed E-state index contributed by atoms with van der Waals surface area (Å²) in [6.07, 6.45) is 0. The van der Waals surface area contributed by atoms with E-state index in [0.717, 1.165) is 0 Å². The Kier molecular flexibility index (Phi) is 5.52. The Morgan fingerprint density at radius 2 is 1.00 bits per heavy atom. The lowest BCUT2D eigenvalue weighted by atomic mass is 10.2. The van der Waals surface area contributed by atoms with Crippen molar-refractivity contribution in [2.45, 2.75) is 13.1 Å². The van der Waals surface area contributed by atoms with Crippen LogP contribution in [-0.4, -0.2) is 17.6 Å². The molecule has 6 heteroatoms. The van der Waals surface area contributed by atoms with Gasteiger partial charge in [0.1, 0.15) is 26.2 Å². The van der Waals surface area contributed by atoms with E-state index in [-0.39, 0.29) is 0 Å². The maximum Gasteiger partial charge on any atom is 0.129 e. The van der Waals surface area contributed by atoms with Crippen LogP contribution in [0.3, 0.4) is 0 Å². The Hall–Kier alpha value is -1.47. The number of hydrogen-bond donors (Lipinski definition) is 0. The minimum absolute atomic E-state index is 1.18. The highest BCUT2D eigenvalue weighted by atomic mass is 35.7. The molecule has 1 aliphatic rings. The zero-order valence-electron chi connectivity index (χ0n) is 12.1. The molecule has 3 rings (SSSR count). The van der Waals surface area contributed by atoms with E-state index in [1.807, 2.05) is 0 Å². The van der Waals surface area contributed by atoms with Gasteiger partial charge in [0.2, 0.25) is 0 Å². The number of benzene rings is 2.